The second kappa shape index (κ2) is 15.8. The number of ether oxygens (including phenoxy) is 2. The summed E-state index contributed by atoms with van der Waals surface area (Å²) in [5.41, 5.74) is 0. The molecular weight excluding hydrogens is 569 g/mol. The van der Waals surface area contributed by atoms with Crippen LogP contribution in [0.2, 0.25) is 0 Å². The van der Waals surface area contributed by atoms with Crippen LogP contribution in [-0.4, -0.2) is 13.2 Å². The zero-order chi connectivity index (χ0) is 27.6. The van der Waals surface area contributed by atoms with E-state index in [2.05, 4.69) is 36.7 Å². The maximum Gasteiger partial charge on any atom is 0.172 e. The van der Waals surface area contributed by atoms with E-state index in [-0.39, 0.29) is 0 Å². The molecule has 5 rings (SSSR count). The Kier molecular flexibility index (Phi) is 11.9. The van der Waals surface area contributed by atoms with E-state index < -0.39 is 0 Å². The van der Waals surface area contributed by atoms with Crippen LogP contribution < -0.4 is 9.47 Å². The fraction of sp³-hybridized carbons (Fsp3) is 0.588. The molecule has 218 valence electrons. The fourth-order valence-electron chi connectivity index (χ4n) is 5.70. The Labute approximate surface area is 256 Å². The summed E-state index contributed by atoms with van der Waals surface area (Å²) >= 11 is 7.55. The van der Waals surface area contributed by atoms with Gasteiger partial charge in [0.25, 0.3) is 0 Å². The molecule has 0 bridgehead atoms. The van der Waals surface area contributed by atoms with Crippen LogP contribution >= 0.6 is 45.3 Å². The van der Waals surface area contributed by atoms with Crippen molar-refractivity contribution in [1.82, 2.24) is 0 Å². The molecule has 0 saturated carbocycles. The molecular formula is C34H46O2S4. The molecule has 0 saturated heterocycles. The van der Waals surface area contributed by atoms with Gasteiger partial charge >= 0.3 is 0 Å². The molecule has 4 aromatic heterocycles. The molecule has 0 unspecified atom stereocenters. The van der Waals surface area contributed by atoms with Gasteiger partial charge in [0.15, 0.2) is 11.5 Å². The van der Waals surface area contributed by atoms with Gasteiger partial charge in [-0.1, -0.05) is 104 Å². The highest BCUT2D eigenvalue weighted by atomic mass is 32.1. The predicted octanol–water partition coefficient (Wildman–Crippen LogP) is 13.6. The van der Waals surface area contributed by atoms with Crippen LogP contribution in [0.3, 0.4) is 0 Å². The molecule has 0 aliphatic rings. The summed E-state index contributed by atoms with van der Waals surface area (Å²) in [4.78, 5) is 0. The SMILES string of the molecule is CCCCCCCCCCOc1c(OCCCCCCCCCC)c2c3sccc3sc2c2sc3ccsc3c12. The Morgan fingerprint density at radius 3 is 1.25 bits per heavy atom. The number of fused-ring (bicyclic) bond motifs is 7. The number of hydrogen-bond donors (Lipinski definition) is 0. The number of benzene rings is 1. The zero-order valence-electron chi connectivity index (χ0n) is 24.5. The Hall–Kier alpha value is -1.34. The second-order valence-electron chi connectivity index (χ2n) is 11.1. The van der Waals surface area contributed by atoms with Crippen LogP contribution in [-0.2, 0) is 0 Å². The van der Waals surface area contributed by atoms with E-state index in [0.29, 0.717) is 0 Å². The van der Waals surface area contributed by atoms with E-state index in [1.807, 2.05) is 45.3 Å². The molecule has 6 heteroatoms. The van der Waals surface area contributed by atoms with Gasteiger partial charge in [0.2, 0.25) is 0 Å². The minimum Gasteiger partial charge on any atom is -0.489 e. The van der Waals surface area contributed by atoms with E-state index in [1.165, 1.54) is 129 Å². The van der Waals surface area contributed by atoms with Crippen molar-refractivity contribution in [3.63, 3.8) is 0 Å². The first-order chi connectivity index (χ1) is 19.8. The van der Waals surface area contributed by atoms with E-state index in [4.69, 9.17) is 9.47 Å². The zero-order valence-corrected chi connectivity index (χ0v) is 27.8. The van der Waals surface area contributed by atoms with E-state index in [1.54, 1.807) is 0 Å². The summed E-state index contributed by atoms with van der Waals surface area (Å²) in [6.45, 7) is 6.11. The monoisotopic (exact) mass is 614 g/mol. The summed E-state index contributed by atoms with van der Waals surface area (Å²) < 4.78 is 21.8. The van der Waals surface area contributed by atoms with Crippen molar-refractivity contribution >= 4 is 84.3 Å². The first-order valence-corrected chi connectivity index (χ1v) is 19.2. The van der Waals surface area contributed by atoms with Crippen molar-refractivity contribution in [3.8, 4) is 11.5 Å². The van der Waals surface area contributed by atoms with Crippen LogP contribution in [0.4, 0.5) is 0 Å². The third-order valence-electron chi connectivity index (χ3n) is 7.95. The first kappa shape index (κ1) is 30.1. The normalized spacial score (nSPS) is 12.1. The lowest BCUT2D eigenvalue weighted by Crippen LogP contribution is -2.03. The molecule has 0 aliphatic carbocycles. The molecule has 0 spiro atoms. The van der Waals surface area contributed by atoms with Gasteiger partial charge in [-0.05, 0) is 35.7 Å². The summed E-state index contributed by atoms with van der Waals surface area (Å²) in [7, 11) is 0. The van der Waals surface area contributed by atoms with Gasteiger partial charge in [0, 0.05) is 9.40 Å². The third kappa shape index (κ3) is 7.17. The van der Waals surface area contributed by atoms with Crippen LogP contribution in [0.25, 0.3) is 39.0 Å². The molecule has 0 N–H and O–H groups in total. The maximum atomic E-state index is 6.77. The maximum absolute atomic E-state index is 6.77. The van der Waals surface area contributed by atoms with E-state index in [9.17, 15) is 0 Å². The lowest BCUT2D eigenvalue weighted by molar-refractivity contribution is 0.264. The van der Waals surface area contributed by atoms with E-state index >= 15 is 0 Å². The second-order valence-corrected chi connectivity index (χ2v) is 15.1. The minimum atomic E-state index is 0.768. The van der Waals surface area contributed by atoms with Gasteiger partial charge in [-0.15, -0.1) is 45.3 Å². The molecule has 0 amide bonds. The number of thiophene rings is 4. The lowest BCUT2D eigenvalue weighted by Gasteiger charge is -2.16. The molecule has 0 fully saturated rings. The summed E-state index contributed by atoms with van der Waals surface area (Å²) in [6.07, 6.45) is 21.0. The average Bonchev–Trinajstić information content (AvgIpc) is 3.73. The largest absolute Gasteiger partial charge is 0.489 e. The minimum absolute atomic E-state index is 0.768. The van der Waals surface area contributed by atoms with Crippen molar-refractivity contribution in [2.45, 2.75) is 117 Å². The number of rotatable bonds is 20. The van der Waals surface area contributed by atoms with Crippen LogP contribution in [0.1, 0.15) is 117 Å². The topological polar surface area (TPSA) is 18.5 Å². The van der Waals surface area contributed by atoms with E-state index in [0.717, 1.165) is 37.6 Å². The summed E-state index contributed by atoms with van der Waals surface area (Å²) in [5, 5.41) is 7.03. The molecule has 0 atom stereocenters. The van der Waals surface area contributed by atoms with Gasteiger partial charge in [-0.25, -0.2) is 0 Å². The standard InChI is InChI=1S/C34H46O2S4/c1-3-5-7-9-11-13-15-17-21-35-29-27-31-25(19-23-37-31)39-33(27)34-28(32-26(40-34)20-24-38-32)30(29)36-22-18-16-14-12-10-8-6-4-2/h19-20,23-24H,3-18,21-22H2,1-2H3. The Bertz CT molecular complexity index is 1340. The predicted molar refractivity (Wildman–Crippen MR) is 184 cm³/mol. The number of unbranched alkanes of at least 4 members (excludes halogenated alkanes) is 14. The first-order valence-electron chi connectivity index (χ1n) is 15.8. The molecule has 4 heterocycles. The van der Waals surface area contributed by atoms with Gasteiger partial charge in [0.1, 0.15) is 0 Å². The third-order valence-corrected chi connectivity index (χ3v) is 12.5. The van der Waals surface area contributed by atoms with Gasteiger partial charge in [0.05, 0.1) is 42.8 Å². The fourth-order valence-corrected chi connectivity index (χ4v) is 10.6. The van der Waals surface area contributed by atoms with Crippen molar-refractivity contribution in [2.75, 3.05) is 13.2 Å². The average molecular weight is 615 g/mol. The highest BCUT2D eigenvalue weighted by molar-refractivity contribution is 7.38. The van der Waals surface area contributed by atoms with Crippen LogP contribution in [0.15, 0.2) is 22.9 Å². The van der Waals surface area contributed by atoms with Crippen LogP contribution in [0.5, 0.6) is 11.5 Å². The van der Waals surface area contributed by atoms with Crippen molar-refractivity contribution < 1.29 is 9.47 Å². The van der Waals surface area contributed by atoms with Crippen molar-refractivity contribution in [3.05, 3.63) is 22.9 Å². The molecule has 5 aromatic rings. The Morgan fingerprint density at radius 1 is 0.475 bits per heavy atom. The molecule has 2 nitrogen and oxygen atoms in total. The Morgan fingerprint density at radius 2 is 0.850 bits per heavy atom. The molecule has 0 aliphatic heterocycles. The summed E-state index contributed by atoms with van der Waals surface area (Å²) in [6, 6.07) is 4.55. The van der Waals surface area contributed by atoms with Crippen molar-refractivity contribution in [2.24, 2.45) is 0 Å². The molecule has 1 aromatic carbocycles. The van der Waals surface area contributed by atoms with Crippen molar-refractivity contribution in [1.29, 1.82) is 0 Å². The van der Waals surface area contributed by atoms with Gasteiger partial charge < -0.3 is 9.47 Å². The highest BCUT2D eigenvalue weighted by Gasteiger charge is 2.25. The number of hydrogen-bond acceptors (Lipinski definition) is 6. The highest BCUT2D eigenvalue weighted by Crippen LogP contribution is 2.56. The van der Waals surface area contributed by atoms with Crippen LogP contribution in [0, 0.1) is 0 Å². The molecule has 0 radical (unpaired) electrons. The Balaban J connectivity index is 1.34. The summed E-state index contributed by atoms with van der Waals surface area (Å²) in [5.74, 6) is 2.01. The lowest BCUT2D eigenvalue weighted by atomic mass is 10.1. The smallest absolute Gasteiger partial charge is 0.172 e. The van der Waals surface area contributed by atoms with Gasteiger partial charge in [-0.3, -0.25) is 0 Å². The quantitative estimate of drug-likeness (QED) is 0.0812. The van der Waals surface area contributed by atoms with Gasteiger partial charge in [-0.2, -0.15) is 0 Å². The molecule has 40 heavy (non-hydrogen) atoms.